The average Bonchev–Trinajstić information content (AvgIpc) is 3.15. The summed E-state index contributed by atoms with van der Waals surface area (Å²) >= 11 is 0. The maximum atomic E-state index is 11.7. The van der Waals surface area contributed by atoms with Gasteiger partial charge < -0.3 is 19.7 Å². The van der Waals surface area contributed by atoms with Crippen molar-refractivity contribution in [1.82, 2.24) is 0 Å². The van der Waals surface area contributed by atoms with E-state index >= 15 is 0 Å². The zero-order valence-corrected chi connectivity index (χ0v) is 20.1. The molecule has 176 valence electrons. The van der Waals surface area contributed by atoms with Crippen LogP contribution in [0.1, 0.15) is 85.5 Å². The van der Waals surface area contributed by atoms with Gasteiger partial charge >= 0.3 is 0 Å². The van der Waals surface area contributed by atoms with E-state index in [4.69, 9.17) is 9.47 Å². The van der Waals surface area contributed by atoms with Crippen LogP contribution in [0.4, 0.5) is 0 Å². The van der Waals surface area contributed by atoms with E-state index in [-0.39, 0.29) is 28.8 Å². The van der Waals surface area contributed by atoms with Crippen LogP contribution in [0.2, 0.25) is 0 Å². The summed E-state index contributed by atoms with van der Waals surface area (Å²) in [7, 11) is 0. The van der Waals surface area contributed by atoms with Gasteiger partial charge in [-0.2, -0.15) is 0 Å². The van der Waals surface area contributed by atoms with Gasteiger partial charge in [0.25, 0.3) is 0 Å². The third kappa shape index (κ3) is 2.80. The SMILES string of the molecule is C[C@@H]1CC[C@@]2(OC1)O[C@H]1C[C@@H]3[C@H]4CC[C@H]5C[C@@H](O)CC[C@]5(C)[C@H]4[C@H](O)C[C@]3(C)[C@H]1[C@@H]2C. The molecule has 4 saturated carbocycles. The van der Waals surface area contributed by atoms with Crippen LogP contribution in [0.3, 0.4) is 0 Å². The minimum absolute atomic E-state index is 0.130. The molecule has 31 heavy (non-hydrogen) atoms. The Bertz CT molecular complexity index is 716. The molecule has 6 rings (SSSR count). The highest BCUT2D eigenvalue weighted by Crippen LogP contribution is 2.71. The van der Waals surface area contributed by atoms with Gasteiger partial charge in [0.1, 0.15) is 0 Å². The Morgan fingerprint density at radius 2 is 1.68 bits per heavy atom. The van der Waals surface area contributed by atoms with Crippen molar-refractivity contribution >= 4 is 0 Å². The highest BCUT2D eigenvalue weighted by molar-refractivity contribution is 5.17. The number of hydrogen-bond donors (Lipinski definition) is 2. The Balaban J connectivity index is 1.29. The summed E-state index contributed by atoms with van der Waals surface area (Å²) in [5, 5.41) is 22.0. The zero-order valence-electron chi connectivity index (χ0n) is 20.1. The Hall–Kier alpha value is -0.160. The molecule has 6 aliphatic rings. The molecule has 4 nitrogen and oxygen atoms in total. The van der Waals surface area contributed by atoms with Gasteiger partial charge in [-0.25, -0.2) is 0 Å². The standard InChI is InChI=1S/C27H44O4/c1-15-7-10-27(30-14-15)16(2)23-22(31-27)12-20-19-6-5-17-11-18(28)8-9-25(17,3)24(19)21(29)13-26(20,23)4/h15-24,28-29H,5-14H2,1-4H3/t15-,16+,17+,18+,19-,20-,21-,22+,23+,24-,25+,26+,27-/m1/s1. The summed E-state index contributed by atoms with van der Waals surface area (Å²) in [4.78, 5) is 0. The molecule has 0 aromatic carbocycles. The number of hydrogen-bond acceptors (Lipinski definition) is 4. The van der Waals surface area contributed by atoms with E-state index in [2.05, 4.69) is 27.7 Å². The molecule has 0 amide bonds. The lowest BCUT2D eigenvalue weighted by Crippen LogP contribution is -2.59. The Morgan fingerprint density at radius 3 is 2.42 bits per heavy atom. The lowest BCUT2D eigenvalue weighted by Gasteiger charge is -2.62. The maximum Gasteiger partial charge on any atom is 0.171 e. The van der Waals surface area contributed by atoms with Gasteiger partial charge in [0.2, 0.25) is 0 Å². The maximum absolute atomic E-state index is 11.7. The molecule has 2 aliphatic heterocycles. The Labute approximate surface area is 188 Å². The van der Waals surface area contributed by atoms with Crippen molar-refractivity contribution in [3.8, 4) is 0 Å². The molecule has 4 aliphatic carbocycles. The molecule has 2 saturated heterocycles. The van der Waals surface area contributed by atoms with Crippen LogP contribution in [0.5, 0.6) is 0 Å². The first-order valence-corrected chi connectivity index (χ1v) is 13.4. The lowest BCUT2D eigenvalue weighted by molar-refractivity contribution is -0.274. The van der Waals surface area contributed by atoms with Crippen molar-refractivity contribution in [2.75, 3.05) is 6.61 Å². The average molecular weight is 433 g/mol. The van der Waals surface area contributed by atoms with Crippen LogP contribution < -0.4 is 0 Å². The second kappa shape index (κ2) is 6.93. The Morgan fingerprint density at radius 1 is 0.871 bits per heavy atom. The number of fused-ring (bicyclic) bond motifs is 7. The molecule has 0 unspecified atom stereocenters. The summed E-state index contributed by atoms with van der Waals surface area (Å²) in [5.41, 5.74) is 0.342. The first-order valence-electron chi connectivity index (χ1n) is 13.4. The second-order valence-corrected chi connectivity index (χ2v) is 13.3. The predicted octanol–water partition coefficient (Wildman–Crippen LogP) is 4.76. The molecule has 0 aromatic heterocycles. The van der Waals surface area contributed by atoms with E-state index in [1.54, 1.807) is 0 Å². The van der Waals surface area contributed by atoms with E-state index in [0.717, 1.165) is 45.1 Å². The van der Waals surface area contributed by atoms with Crippen LogP contribution in [-0.4, -0.2) is 40.9 Å². The molecule has 6 fully saturated rings. The summed E-state index contributed by atoms with van der Waals surface area (Å²) in [5.74, 6) is 3.40. The van der Waals surface area contributed by atoms with E-state index < -0.39 is 0 Å². The van der Waals surface area contributed by atoms with Crippen LogP contribution >= 0.6 is 0 Å². The quantitative estimate of drug-likeness (QED) is 0.579. The summed E-state index contributed by atoms with van der Waals surface area (Å²) in [6.45, 7) is 10.4. The monoisotopic (exact) mass is 432 g/mol. The van der Waals surface area contributed by atoms with Gasteiger partial charge in [-0.1, -0.05) is 27.7 Å². The van der Waals surface area contributed by atoms with Crippen molar-refractivity contribution in [2.45, 2.75) is 110 Å². The zero-order chi connectivity index (χ0) is 21.8. The smallest absolute Gasteiger partial charge is 0.171 e. The minimum Gasteiger partial charge on any atom is -0.393 e. The molecule has 0 aromatic rings. The van der Waals surface area contributed by atoms with Crippen molar-refractivity contribution in [2.24, 2.45) is 52.3 Å². The number of ether oxygens (including phenoxy) is 2. The fourth-order valence-corrected chi connectivity index (χ4v) is 10.4. The predicted molar refractivity (Wildman–Crippen MR) is 119 cm³/mol. The fourth-order valence-electron chi connectivity index (χ4n) is 10.4. The highest BCUT2D eigenvalue weighted by atomic mass is 16.7. The van der Waals surface area contributed by atoms with Gasteiger partial charge in [-0.05, 0) is 97.7 Å². The lowest BCUT2D eigenvalue weighted by atomic mass is 9.43. The highest BCUT2D eigenvalue weighted by Gasteiger charge is 2.70. The number of aliphatic hydroxyl groups is 2. The molecular weight excluding hydrogens is 388 g/mol. The van der Waals surface area contributed by atoms with Crippen LogP contribution in [0, 0.1) is 52.3 Å². The van der Waals surface area contributed by atoms with Gasteiger partial charge in [0, 0.05) is 12.3 Å². The van der Waals surface area contributed by atoms with Crippen LogP contribution in [0.25, 0.3) is 0 Å². The van der Waals surface area contributed by atoms with Gasteiger partial charge in [-0.3, -0.25) is 0 Å². The van der Waals surface area contributed by atoms with Gasteiger partial charge in [-0.15, -0.1) is 0 Å². The molecule has 13 atom stereocenters. The molecule has 4 heteroatoms. The third-order valence-corrected chi connectivity index (χ3v) is 11.8. The van der Waals surface area contributed by atoms with E-state index in [0.29, 0.717) is 47.5 Å². The van der Waals surface area contributed by atoms with Crippen molar-refractivity contribution in [3.63, 3.8) is 0 Å². The third-order valence-electron chi connectivity index (χ3n) is 11.8. The Kier molecular flexibility index (Phi) is 4.78. The molecule has 1 spiro atoms. The summed E-state index contributed by atoms with van der Waals surface area (Å²) in [6.07, 6.45) is 9.63. The van der Waals surface area contributed by atoms with Crippen molar-refractivity contribution in [3.05, 3.63) is 0 Å². The second-order valence-electron chi connectivity index (χ2n) is 13.3. The van der Waals surface area contributed by atoms with Crippen molar-refractivity contribution in [1.29, 1.82) is 0 Å². The molecule has 2 heterocycles. The van der Waals surface area contributed by atoms with Crippen molar-refractivity contribution < 1.29 is 19.7 Å². The number of aliphatic hydroxyl groups excluding tert-OH is 2. The first-order chi connectivity index (χ1) is 14.7. The molecule has 2 N–H and O–H groups in total. The molecule has 0 radical (unpaired) electrons. The normalized spacial score (nSPS) is 63.3. The van der Waals surface area contributed by atoms with Gasteiger partial charge in [0.15, 0.2) is 5.79 Å². The van der Waals surface area contributed by atoms with Gasteiger partial charge in [0.05, 0.1) is 24.9 Å². The fraction of sp³-hybridized carbons (Fsp3) is 1.00. The van der Waals surface area contributed by atoms with E-state index in [9.17, 15) is 10.2 Å². The number of rotatable bonds is 0. The van der Waals surface area contributed by atoms with E-state index in [1.807, 2.05) is 0 Å². The molecule has 0 bridgehead atoms. The topological polar surface area (TPSA) is 58.9 Å². The molecular formula is C27H44O4. The largest absolute Gasteiger partial charge is 0.393 e. The van der Waals surface area contributed by atoms with E-state index in [1.165, 1.54) is 19.3 Å². The first kappa shape index (κ1) is 21.4. The van der Waals surface area contributed by atoms with Crippen LogP contribution in [-0.2, 0) is 9.47 Å². The minimum atomic E-state index is -0.374. The van der Waals surface area contributed by atoms with Crippen LogP contribution in [0.15, 0.2) is 0 Å². The summed E-state index contributed by atoms with van der Waals surface area (Å²) < 4.78 is 13.3. The summed E-state index contributed by atoms with van der Waals surface area (Å²) in [6, 6.07) is 0.